The normalized spacial score (nSPS) is 11.8. The number of hydrogen-bond acceptors (Lipinski definition) is 4. The van der Waals surface area contributed by atoms with Gasteiger partial charge in [0.15, 0.2) is 5.58 Å². The number of nitrogens with zero attached hydrogens (tertiary/aromatic N) is 2. The lowest BCUT2D eigenvalue weighted by atomic mass is 9.97. The zero-order chi connectivity index (χ0) is 34.9. The van der Waals surface area contributed by atoms with Crippen molar-refractivity contribution in [1.29, 1.82) is 0 Å². The van der Waals surface area contributed by atoms with E-state index in [1.165, 1.54) is 11.1 Å². The molecule has 53 heavy (non-hydrogen) atoms. The lowest BCUT2D eigenvalue weighted by molar-refractivity contribution is 0.669. The third kappa shape index (κ3) is 4.66. The number of benzene rings is 8. The van der Waals surface area contributed by atoms with Gasteiger partial charge in [0.05, 0.1) is 16.9 Å². The van der Waals surface area contributed by atoms with Crippen molar-refractivity contribution in [2.45, 2.75) is 0 Å². The largest absolute Gasteiger partial charge is 0.455 e. The van der Waals surface area contributed by atoms with Gasteiger partial charge in [-0.2, -0.15) is 0 Å². The van der Waals surface area contributed by atoms with Gasteiger partial charge >= 0.3 is 0 Å². The van der Waals surface area contributed by atoms with Gasteiger partial charge in [-0.1, -0.05) is 127 Å². The summed E-state index contributed by atoms with van der Waals surface area (Å²) < 4.78 is 13.1. The van der Waals surface area contributed by atoms with Crippen molar-refractivity contribution < 1.29 is 8.83 Å². The lowest BCUT2D eigenvalue weighted by Crippen LogP contribution is -2.10. The van der Waals surface area contributed by atoms with Gasteiger partial charge in [0, 0.05) is 54.6 Å². The fourth-order valence-corrected chi connectivity index (χ4v) is 7.97. The molecule has 3 heterocycles. The number of hydrogen-bond donors (Lipinski definition) is 0. The topological polar surface area (TPSA) is 42.4 Å². The maximum absolute atomic E-state index is 6.58. The summed E-state index contributed by atoms with van der Waals surface area (Å²) in [4.78, 5) is 7.54. The van der Waals surface area contributed by atoms with Gasteiger partial charge in [0.25, 0.3) is 0 Å². The molecular weight excluding hydrogens is 649 g/mol. The van der Waals surface area contributed by atoms with Crippen LogP contribution in [0.15, 0.2) is 191 Å². The van der Waals surface area contributed by atoms with Crippen LogP contribution in [0.4, 0.5) is 17.1 Å². The first-order valence-corrected chi connectivity index (χ1v) is 17.9. The molecule has 0 saturated heterocycles. The molecule has 248 valence electrons. The van der Waals surface area contributed by atoms with Crippen LogP contribution in [0.2, 0.25) is 0 Å². The maximum Gasteiger partial charge on any atom is 0.159 e. The van der Waals surface area contributed by atoms with Crippen LogP contribution in [0.5, 0.6) is 0 Å². The summed E-state index contributed by atoms with van der Waals surface area (Å²) in [6.45, 7) is 0. The van der Waals surface area contributed by atoms with Crippen molar-refractivity contribution in [3.05, 3.63) is 182 Å². The maximum atomic E-state index is 6.58. The molecule has 3 aromatic heterocycles. The minimum absolute atomic E-state index is 0.849. The van der Waals surface area contributed by atoms with E-state index in [0.717, 1.165) is 93.9 Å². The molecule has 0 bridgehead atoms. The molecule has 0 amide bonds. The van der Waals surface area contributed by atoms with E-state index in [2.05, 4.69) is 150 Å². The molecule has 0 aliphatic carbocycles. The highest BCUT2D eigenvalue weighted by atomic mass is 16.3. The fourth-order valence-electron chi connectivity index (χ4n) is 7.97. The lowest BCUT2D eigenvalue weighted by Gasteiger charge is -2.26. The van der Waals surface area contributed by atoms with Crippen LogP contribution in [0.25, 0.3) is 87.9 Å². The van der Waals surface area contributed by atoms with Gasteiger partial charge in [0.2, 0.25) is 0 Å². The number of aromatic nitrogens is 1. The Hall–Kier alpha value is -7.17. The molecule has 0 N–H and O–H groups in total. The van der Waals surface area contributed by atoms with Crippen LogP contribution in [0.1, 0.15) is 0 Å². The second-order valence-electron chi connectivity index (χ2n) is 13.5. The Labute approximate surface area is 304 Å². The van der Waals surface area contributed by atoms with Crippen molar-refractivity contribution in [3.8, 4) is 22.4 Å². The predicted octanol–water partition coefficient (Wildman–Crippen LogP) is 14.0. The molecule has 11 rings (SSSR count). The Morgan fingerprint density at radius 3 is 1.60 bits per heavy atom. The molecule has 4 nitrogen and oxygen atoms in total. The van der Waals surface area contributed by atoms with Gasteiger partial charge in [0.1, 0.15) is 16.7 Å². The van der Waals surface area contributed by atoms with E-state index in [0.29, 0.717) is 0 Å². The Morgan fingerprint density at radius 2 is 0.887 bits per heavy atom. The van der Waals surface area contributed by atoms with E-state index in [4.69, 9.17) is 13.8 Å². The summed E-state index contributed by atoms with van der Waals surface area (Å²) in [6, 6.07) is 63.6. The van der Waals surface area contributed by atoms with Gasteiger partial charge in [-0.05, 0) is 65.7 Å². The highest BCUT2D eigenvalue weighted by Gasteiger charge is 2.21. The molecular formula is C49H30N2O2. The van der Waals surface area contributed by atoms with Gasteiger partial charge in [-0.15, -0.1) is 0 Å². The van der Waals surface area contributed by atoms with Crippen LogP contribution in [-0.2, 0) is 0 Å². The van der Waals surface area contributed by atoms with Crippen molar-refractivity contribution >= 4 is 82.6 Å². The summed E-state index contributed by atoms with van der Waals surface area (Å²) in [5.74, 6) is 0. The van der Waals surface area contributed by atoms with Crippen molar-refractivity contribution in [2.75, 3.05) is 4.90 Å². The molecule has 0 spiro atoms. The third-order valence-electron chi connectivity index (χ3n) is 10.5. The SMILES string of the molecule is c1ccc(-c2ccc(N(c3ccc(-c4nc5ccccc5c5c4ccc4c6ccccc6oc45)cc3)c3cccc4c3oc3ccccc34)cc2)cc1. The van der Waals surface area contributed by atoms with Gasteiger partial charge in [-0.3, -0.25) is 0 Å². The second kappa shape index (κ2) is 11.7. The second-order valence-corrected chi connectivity index (χ2v) is 13.5. The van der Waals surface area contributed by atoms with Gasteiger partial charge < -0.3 is 13.7 Å². The summed E-state index contributed by atoms with van der Waals surface area (Å²) in [5, 5.41) is 7.64. The molecule has 0 radical (unpaired) electrons. The average Bonchev–Trinajstić information content (AvgIpc) is 3.81. The Kier molecular flexibility index (Phi) is 6.52. The van der Waals surface area contributed by atoms with E-state index in [-0.39, 0.29) is 0 Å². The molecule has 11 aromatic rings. The van der Waals surface area contributed by atoms with E-state index in [1.54, 1.807) is 0 Å². The van der Waals surface area contributed by atoms with Crippen LogP contribution in [0, 0.1) is 0 Å². The molecule has 0 aliphatic heterocycles. The summed E-state index contributed by atoms with van der Waals surface area (Å²) in [7, 11) is 0. The van der Waals surface area contributed by atoms with E-state index >= 15 is 0 Å². The first-order valence-electron chi connectivity index (χ1n) is 17.9. The fraction of sp³-hybridized carbons (Fsp3) is 0. The van der Waals surface area contributed by atoms with E-state index < -0.39 is 0 Å². The highest BCUT2D eigenvalue weighted by Crippen LogP contribution is 2.44. The van der Waals surface area contributed by atoms with Crippen LogP contribution in [0.3, 0.4) is 0 Å². The van der Waals surface area contributed by atoms with Crippen molar-refractivity contribution in [2.24, 2.45) is 0 Å². The molecule has 0 unspecified atom stereocenters. The highest BCUT2D eigenvalue weighted by molar-refractivity contribution is 6.24. The third-order valence-corrected chi connectivity index (χ3v) is 10.5. The number of anilines is 3. The van der Waals surface area contributed by atoms with Crippen molar-refractivity contribution in [3.63, 3.8) is 0 Å². The van der Waals surface area contributed by atoms with Crippen LogP contribution < -0.4 is 4.90 Å². The zero-order valence-electron chi connectivity index (χ0n) is 28.5. The molecule has 0 aliphatic rings. The van der Waals surface area contributed by atoms with E-state index in [9.17, 15) is 0 Å². The first kappa shape index (κ1) is 29.5. The summed E-state index contributed by atoms with van der Waals surface area (Å²) in [5.41, 5.74) is 11.8. The molecule has 0 saturated carbocycles. The van der Waals surface area contributed by atoms with Crippen LogP contribution >= 0.6 is 0 Å². The monoisotopic (exact) mass is 678 g/mol. The molecule has 0 fully saturated rings. The van der Waals surface area contributed by atoms with E-state index in [1.807, 2.05) is 36.4 Å². The number of fused-ring (bicyclic) bond motifs is 10. The molecule has 4 heteroatoms. The standard InChI is InChI=1S/C49H30N2O2/c1-2-11-31(12-3-1)32-21-25-34(26-22-32)51(43-18-10-16-38-36-13-5-8-19-44(36)52-48(38)43)35-27-23-33(24-28-35)47-41-30-29-39-37-14-6-9-20-45(37)53-49(39)46(41)40-15-4-7-17-42(40)50-47/h1-30H. The Morgan fingerprint density at radius 1 is 0.358 bits per heavy atom. The minimum atomic E-state index is 0.849. The quantitative estimate of drug-likeness (QED) is 0.170. The first-order chi connectivity index (χ1) is 26.3. The van der Waals surface area contributed by atoms with Crippen LogP contribution in [-0.4, -0.2) is 4.98 Å². The summed E-state index contributed by atoms with van der Waals surface area (Å²) >= 11 is 0. The average molecular weight is 679 g/mol. The smallest absolute Gasteiger partial charge is 0.159 e. The number of para-hydroxylation sites is 4. The summed E-state index contributed by atoms with van der Waals surface area (Å²) in [6.07, 6.45) is 0. The number of furan rings is 2. The Balaban J connectivity index is 1.09. The number of pyridine rings is 1. The molecule has 8 aromatic carbocycles. The van der Waals surface area contributed by atoms with Crippen molar-refractivity contribution in [1.82, 2.24) is 4.98 Å². The Bertz CT molecular complexity index is 3160. The predicted molar refractivity (Wildman–Crippen MR) is 219 cm³/mol. The molecule has 0 atom stereocenters. The number of rotatable bonds is 5. The minimum Gasteiger partial charge on any atom is -0.455 e. The zero-order valence-corrected chi connectivity index (χ0v) is 28.5. The van der Waals surface area contributed by atoms with Gasteiger partial charge in [-0.25, -0.2) is 4.98 Å².